The van der Waals surface area contributed by atoms with Crippen molar-refractivity contribution >= 4 is 16.7 Å². The predicted octanol–water partition coefficient (Wildman–Crippen LogP) is 2.63. The number of fused-ring (bicyclic) bond motifs is 1. The summed E-state index contributed by atoms with van der Waals surface area (Å²) < 4.78 is 13.7. The third-order valence-electron chi connectivity index (χ3n) is 3.11. The van der Waals surface area contributed by atoms with E-state index in [2.05, 4.69) is 15.5 Å². The third kappa shape index (κ3) is 2.25. The van der Waals surface area contributed by atoms with Gasteiger partial charge in [-0.3, -0.25) is 9.89 Å². The van der Waals surface area contributed by atoms with Crippen molar-refractivity contribution in [2.24, 2.45) is 0 Å². The Morgan fingerprint density at radius 2 is 1.95 bits per heavy atom. The Kier molecular flexibility index (Phi) is 3.16. The number of carbonyl (C=O) groups excluding carboxylic acids is 1. The first kappa shape index (κ1) is 12.3. The number of halogens is 1. The van der Waals surface area contributed by atoms with Crippen LogP contribution in [0.15, 0.2) is 48.7 Å². The summed E-state index contributed by atoms with van der Waals surface area (Å²) in [4.78, 5) is 12.2. The highest BCUT2D eigenvalue weighted by Crippen LogP contribution is 2.21. The van der Waals surface area contributed by atoms with E-state index >= 15 is 0 Å². The SMILES string of the molecule is O=C(NCc1ccn[nH]1)c1ccc(F)c2ccccc12. The summed E-state index contributed by atoms with van der Waals surface area (Å²) in [6.07, 6.45) is 1.62. The van der Waals surface area contributed by atoms with Gasteiger partial charge in [-0.05, 0) is 23.6 Å². The first-order chi connectivity index (χ1) is 9.75. The van der Waals surface area contributed by atoms with E-state index in [1.54, 1.807) is 36.5 Å². The Labute approximate surface area is 114 Å². The van der Waals surface area contributed by atoms with E-state index < -0.39 is 0 Å². The molecule has 5 heteroatoms. The second-order valence-electron chi connectivity index (χ2n) is 4.41. The van der Waals surface area contributed by atoms with Gasteiger partial charge in [0.2, 0.25) is 0 Å². The fourth-order valence-corrected chi connectivity index (χ4v) is 2.11. The molecular formula is C15H12FN3O. The Hall–Kier alpha value is -2.69. The zero-order valence-electron chi connectivity index (χ0n) is 10.6. The normalized spacial score (nSPS) is 10.7. The molecule has 0 aliphatic heterocycles. The van der Waals surface area contributed by atoms with Gasteiger partial charge in [0.1, 0.15) is 5.82 Å². The largest absolute Gasteiger partial charge is 0.346 e. The number of rotatable bonds is 3. The summed E-state index contributed by atoms with van der Waals surface area (Å²) in [5, 5.41) is 10.4. The molecule has 1 heterocycles. The van der Waals surface area contributed by atoms with Crippen LogP contribution < -0.4 is 5.32 Å². The van der Waals surface area contributed by atoms with E-state index in [0.717, 1.165) is 5.69 Å². The van der Waals surface area contributed by atoms with Gasteiger partial charge in [0.05, 0.1) is 12.2 Å². The average Bonchev–Trinajstić information content (AvgIpc) is 2.99. The molecule has 0 spiro atoms. The fourth-order valence-electron chi connectivity index (χ4n) is 2.11. The maximum absolute atomic E-state index is 13.7. The second-order valence-corrected chi connectivity index (χ2v) is 4.41. The molecule has 0 atom stereocenters. The van der Waals surface area contributed by atoms with Crippen molar-refractivity contribution < 1.29 is 9.18 Å². The molecule has 2 aromatic carbocycles. The number of hydrogen-bond donors (Lipinski definition) is 2. The van der Waals surface area contributed by atoms with Crippen molar-refractivity contribution in [3.05, 3.63) is 65.7 Å². The molecule has 4 nitrogen and oxygen atoms in total. The lowest BCUT2D eigenvalue weighted by Gasteiger charge is -2.08. The van der Waals surface area contributed by atoms with Gasteiger partial charge < -0.3 is 5.32 Å². The molecule has 0 fully saturated rings. The van der Waals surface area contributed by atoms with Crippen LogP contribution in [-0.2, 0) is 6.54 Å². The van der Waals surface area contributed by atoms with Crippen LogP contribution in [0.1, 0.15) is 16.1 Å². The topological polar surface area (TPSA) is 57.8 Å². The molecule has 3 aromatic rings. The molecule has 0 bridgehead atoms. The van der Waals surface area contributed by atoms with Crippen LogP contribution in [-0.4, -0.2) is 16.1 Å². The Bertz CT molecular complexity index is 753. The molecule has 0 aliphatic carbocycles. The lowest BCUT2D eigenvalue weighted by atomic mass is 10.0. The molecular weight excluding hydrogens is 257 g/mol. The Morgan fingerprint density at radius 1 is 1.15 bits per heavy atom. The summed E-state index contributed by atoms with van der Waals surface area (Å²) in [6, 6.07) is 11.5. The second kappa shape index (κ2) is 5.13. The quantitative estimate of drug-likeness (QED) is 0.768. The maximum atomic E-state index is 13.7. The van der Waals surface area contributed by atoms with Crippen LogP contribution >= 0.6 is 0 Å². The number of aromatic amines is 1. The highest BCUT2D eigenvalue weighted by Gasteiger charge is 2.12. The minimum Gasteiger partial charge on any atom is -0.346 e. The number of nitrogens with zero attached hydrogens (tertiary/aromatic N) is 1. The van der Waals surface area contributed by atoms with Gasteiger partial charge >= 0.3 is 0 Å². The van der Waals surface area contributed by atoms with Crippen molar-refractivity contribution in [1.29, 1.82) is 0 Å². The zero-order valence-corrected chi connectivity index (χ0v) is 10.6. The molecule has 0 radical (unpaired) electrons. The van der Waals surface area contributed by atoms with E-state index in [0.29, 0.717) is 22.9 Å². The number of carbonyl (C=O) groups is 1. The molecule has 2 N–H and O–H groups in total. The van der Waals surface area contributed by atoms with E-state index in [1.807, 2.05) is 0 Å². The van der Waals surface area contributed by atoms with Crippen molar-refractivity contribution in [3.8, 4) is 0 Å². The first-order valence-electron chi connectivity index (χ1n) is 6.19. The maximum Gasteiger partial charge on any atom is 0.252 e. The lowest BCUT2D eigenvalue weighted by Crippen LogP contribution is -2.23. The fraction of sp³-hybridized carbons (Fsp3) is 0.0667. The van der Waals surface area contributed by atoms with Crippen molar-refractivity contribution in [3.63, 3.8) is 0 Å². The van der Waals surface area contributed by atoms with Crippen LogP contribution in [0.4, 0.5) is 4.39 Å². The van der Waals surface area contributed by atoms with Gasteiger partial charge in [-0.25, -0.2) is 4.39 Å². The van der Waals surface area contributed by atoms with Gasteiger partial charge in [0.25, 0.3) is 5.91 Å². The van der Waals surface area contributed by atoms with Crippen molar-refractivity contribution in [1.82, 2.24) is 15.5 Å². The number of H-pyrrole nitrogens is 1. The molecule has 0 aliphatic rings. The summed E-state index contributed by atoms with van der Waals surface area (Å²) in [5.74, 6) is -0.568. The average molecular weight is 269 g/mol. The van der Waals surface area contributed by atoms with Gasteiger partial charge in [0, 0.05) is 17.1 Å². The highest BCUT2D eigenvalue weighted by molar-refractivity contribution is 6.07. The Morgan fingerprint density at radius 3 is 2.70 bits per heavy atom. The van der Waals surface area contributed by atoms with Gasteiger partial charge in [-0.2, -0.15) is 5.10 Å². The smallest absolute Gasteiger partial charge is 0.252 e. The third-order valence-corrected chi connectivity index (χ3v) is 3.11. The standard InChI is InChI=1S/C15H12FN3O/c16-14-6-5-13(11-3-1-2-4-12(11)14)15(20)17-9-10-7-8-18-19-10/h1-8H,9H2,(H,17,20)(H,18,19). The van der Waals surface area contributed by atoms with Gasteiger partial charge in [0.15, 0.2) is 0 Å². The highest BCUT2D eigenvalue weighted by atomic mass is 19.1. The number of nitrogens with one attached hydrogen (secondary N) is 2. The van der Waals surface area contributed by atoms with E-state index in [9.17, 15) is 9.18 Å². The van der Waals surface area contributed by atoms with Crippen LogP contribution in [0.25, 0.3) is 10.8 Å². The summed E-state index contributed by atoms with van der Waals surface area (Å²) in [7, 11) is 0. The van der Waals surface area contributed by atoms with Gasteiger partial charge in [-0.15, -0.1) is 0 Å². The van der Waals surface area contributed by atoms with Crippen LogP contribution in [0.5, 0.6) is 0 Å². The number of aromatic nitrogens is 2. The summed E-state index contributed by atoms with van der Waals surface area (Å²) in [6.45, 7) is 0.352. The van der Waals surface area contributed by atoms with Crippen LogP contribution in [0, 0.1) is 5.82 Å². The van der Waals surface area contributed by atoms with Gasteiger partial charge in [-0.1, -0.05) is 24.3 Å². The number of hydrogen-bond acceptors (Lipinski definition) is 2. The molecule has 20 heavy (non-hydrogen) atoms. The van der Waals surface area contributed by atoms with Crippen molar-refractivity contribution in [2.45, 2.75) is 6.54 Å². The number of benzene rings is 2. The lowest BCUT2D eigenvalue weighted by molar-refractivity contribution is 0.0952. The van der Waals surface area contributed by atoms with E-state index in [-0.39, 0.29) is 11.7 Å². The molecule has 0 saturated heterocycles. The monoisotopic (exact) mass is 269 g/mol. The minimum absolute atomic E-state index is 0.240. The molecule has 1 aromatic heterocycles. The molecule has 3 rings (SSSR count). The van der Waals surface area contributed by atoms with Crippen LogP contribution in [0.2, 0.25) is 0 Å². The van der Waals surface area contributed by atoms with Crippen LogP contribution in [0.3, 0.4) is 0 Å². The van der Waals surface area contributed by atoms with Crippen molar-refractivity contribution in [2.75, 3.05) is 0 Å². The molecule has 1 amide bonds. The van der Waals surface area contributed by atoms with E-state index in [4.69, 9.17) is 0 Å². The zero-order chi connectivity index (χ0) is 13.9. The predicted molar refractivity (Wildman–Crippen MR) is 73.7 cm³/mol. The molecule has 0 unspecified atom stereocenters. The molecule has 0 saturated carbocycles. The number of amides is 1. The Balaban J connectivity index is 1.90. The minimum atomic E-state index is -0.328. The summed E-state index contributed by atoms with van der Waals surface area (Å²) >= 11 is 0. The summed E-state index contributed by atoms with van der Waals surface area (Å²) in [5.41, 5.74) is 1.27. The molecule has 100 valence electrons. The first-order valence-corrected chi connectivity index (χ1v) is 6.19. The van der Waals surface area contributed by atoms with E-state index in [1.165, 1.54) is 12.1 Å².